The summed E-state index contributed by atoms with van der Waals surface area (Å²) in [7, 11) is 0. The zero-order valence-electron chi connectivity index (χ0n) is 10.3. The first-order valence-corrected chi connectivity index (χ1v) is 5.93. The van der Waals surface area contributed by atoms with Crippen molar-refractivity contribution in [1.82, 2.24) is 5.32 Å². The molecule has 0 bridgehead atoms. The van der Waals surface area contributed by atoms with Gasteiger partial charge in [-0.15, -0.1) is 0 Å². The van der Waals surface area contributed by atoms with Gasteiger partial charge in [-0.3, -0.25) is 4.79 Å². The molecule has 0 spiro atoms. The van der Waals surface area contributed by atoms with Gasteiger partial charge in [0, 0.05) is 17.3 Å². The molecule has 0 aliphatic carbocycles. The van der Waals surface area contributed by atoms with Gasteiger partial charge in [0.2, 0.25) is 0 Å². The summed E-state index contributed by atoms with van der Waals surface area (Å²) >= 11 is 0. The smallest absolute Gasteiger partial charge is 0.251 e. The molecule has 1 aromatic carbocycles. The van der Waals surface area contributed by atoms with Gasteiger partial charge in [-0.25, -0.2) is 4.39 Å². The molecule has 0 heterocycles. The fraction of sp³-hybridized carbons (Fsp3) is 0.462. The van der Waals surface area contributed by atoms with E-state index < -0.39 is 5.82 Å². The van der Waals surface area contributed by atoms with Crippen LogP contribution in [0.15, 0.2) is 18.2 Å². The maximum absolute atomic E-state index is 13.1. The van der Waals surface area contributed by atoms with Gasteiger partial charge in [0.25, 0.3) is 5.91 Å². The Hall–Kier alpha value is -1.58. The van der Waals surface area contributed by atoms with Gasteiger partial charge in [0.15, 0.2) is 0 Å². The molecule has 0 aromatic heterocycles. The molecule has 1 atom stereocenters. The fourth-order valence-corrected chi connectivity index (χ4v) is 1.74. The molecular formula is C13H19FN2O. The van der Waals surface area contributed by atoms with Crippen LogP contribution in [0.5, 0.6) is 0 Å². The second-order valence-electron chi connectivity index (χ2n) is 4.14. The Labute approximate surface area is 101 Å². The minimum Gasteiger partial charge on any atom is -0.399 e. The lowest BCUT2D eigenvalue weighted by atomic mass is 10.1. The number of hydrogen-bond acceptors (Lipinski definition) is 2. The zero-order chi connectivity index (χ0) is 12.8. The van der Waals surface area contributed by atoms with Crippen molar-refractivity contribution < 1.29 is 9.18 Å². The maximum Gasteiger partial charge on any atom is 0.251 e. The highest BCUT2D eigenvalue weighted by molar-refractivity contribution is 5.95. The minimum atomic E-state index is -0.487. The first-order valence-electron chi connectivity index (χ1n) is 5.93. The van der Waals surface area contributed by atoms with E-state index in [1.165, 1.54) is 18.2 Å². The van der Waals surface area contributed by atoms with Crippen LogP contribution in [0.2, 0.25) is 0 Å². The largest absolute Gasteiger partial charge is 0.399 e. The van der Waals surface area contributed by atoms with Crippen LogP contribution in [0, 0.1) is 5.82 Å². The van der Waals surface area contributed by atoms with Gasteiger partial charge < -0.3 is 11.1 Å². The van der Waals surface area contributed by atoms with E-state index in [1.807, 2.05) is 6.92 Å². The molecule has 1 amide bonds. The van der Waals surface area contributed by atoms with Gasteiger partial charge in [-0.05, 0) is 31.0 Å². The summed E-state index contributed by atoms with van der Waals surface area (Å²) in [6.07, 6.45) is 2.79. The summed E-state index contributed by atoms with van der Waals surface area (Å²) < 4.78 is 13.1. The molecule has 0 saturated heterocycles. The maximum atomic E-state index is 13.1. The molecule has 3 N–H and O–H groups in total. The second kappa shape index (κ2) is 6.23. The number of nitrogens with two attached hydrogens (primary N) is 1. The summed E-state index contributed by atoms with van der Waals surface area (Å²) in [5, 5.41) is 2.88. The lowest BCUT2D eigenvalue weighted by molar-refractivity contribution is 0.0933. The summed E-state index contributed by atoms with van der Waals surface area (Å²) in [4.78, 5) is 11.9. The predicted molar refractivity (Wildman–Crippen MR) is 67.3 cm³/mol. The van der Waals surface area contributed by atoms with Gasteiger partial charge in [-0.2, -0.15) is 0 Å². The number of rotatable bonds is 5. The SMILES string of the molecule is CCCC(CC)NC(=O)c1cc(N)cc(F)c1. The van der Waals surface area contributed by atoms with Crippen LogP contribution in [0.1, 0.15) is 43.5 Å². The Morgan fingerprint density at radius 1 is 1.41 bits per heavy atom. The van der Waals surface area contributed by atoms with E-state index in [1.54, 1.807) is 0 Å². The van der Waals surface area contributed by atoms with Gasteiger partial charge in [0.05, 0.1) is 0 Å². The van der Waals surface area contributed by atoms with E-state index >= 15 is 0 Å². The molecule has 17 heavy (non-hydrogen) atoms. The lowest BCUT2D eigenvalue weighted by Gasteiger charge is -2.16. The van der Waals surface area contributed by atoms with Crippen molar-refractivity contribution in [3.05, 3.63) is 29.6 Å². The van der Waals surface area contributed by atoms with Crippen LogP contribution in [0.3, 0.4) is 0 Å². The number of benzene rings is 1. The van der Waals surface area contributed by atoms with Crippen LogP contribution in [-0.2, 0) is 0 Å². The van der Waals surface area contributed by atoms with Crippen molar-refractivity contribution in [3.63, 3.8) is 0 Å². The second-order valence-corrected chi connectivity index (χ2v) is 4.14. The number of anilines is 1. The molecular weight excluding hydrogens is 219 g/mol. The number of nitrogens with one attached hydrogen (secondary N) is 1. The molecule has 1 rings (SSSR count). The van der Waals surface area contributed by atoms with E-state index in [-0.39, 0.29) is 23.2 Å². The quantitative estimate of drug-likeness (QED) is 0.775. The summed E-state index contributed by atoms with van der Waals surface area (Å²) in [5.41, 5.74) is 6.04. The van der Waals surface area contributed by atoms with E-state index in [9.17, 15) is 9.18 Å². The molecule has 3 nitrogen and oxygen atoms in total. The standard InChI is InChI=1S/C13H19FN2O/c1-3-5-12(4-2)16-13(17)9-6-10(14)8-11(15)7-9/h6-8,12H,3-5,15H2,1-2H3,(H,16,17). The Bertz CT molecular complexity index is 373. The summed E-state index contributed by atoms with van der Waals surface area (Å²) in [6, 6.07) is 4.01. The van der Waals surface area contributed by atoms with Crippen LogP contribution in [0.4, 0.5) is 10.1 Å². The Balaban J connectivity index is 2.75. The van der Waals surface area contributed by atoms with Gasteiger partial charge in [0.1, 0.15) is 5.82 Å². The number of halogens is 1. The molecule has 0 fully saturated rings. The normalized spacial score (nSPS) is 12.2. The topological polar surface area (TPSA) is 55.1 Å². The molecule has 0 saturated carbocycles. The summed E-state index contributed by atoms with van der Waals surface area (Å²) in [5.74, 6) is -0.754. The van der Waals surface area contributed by atoms with Crippen LogP contribution >= 0.6 is 0 Å². The van der Waals surface area contributed by atoms with E-state index in [0.717, 1.165) is 19.3 Å². The highest BCUT2D eigenvalue weighted by Crippen LogP contribution is 2.11. The molecule has 0 aliphatic heterocycles. The highest BCUT2D eigenvalue weighted by Gasteiger charge is 2.12. The first-order chi connectivity index (χ1) is 8.06. The van der Waals surface area contributed by atoms with Crippen molar-refractivity contribution in [1.29, 1.82) is 0 Å². The minimum absolute atomic E-state index is 0.136. The molecule has 1 aromatic rings. The fourth-order valence-electron chi connectivity index (χ4n) is 1.74. The Morgan fingerprint density at radius 3 is 2.65 bits per heavy atom. The Kier molecular flexibility index (Phi) is 4.94. The van der Waals surface area contributed by atoms with Crippen molar-refractivity contribution >= 4 is 11.6 Å². The van der Waals surface area contributed by atoms with Crippen LogP contribution < -0.4 is 11.1 Å². The third-order valence-electron chi connectivity index (χ3n) is 2.65. The van der Waals surface area contributed by atoms with Crippen LogP contribution in [0.25, 0.3) is 0 Å². The van der Waals surface area contributed by atoms with E-state index in [2.05, 4.69) is 12.2 Å². The van der Waals surface area contributed by atoms with Gasteiger partial charge in [-0.1, -0.05) is 20.3 Å². The molecule has 0 radical (unpaired) electrons. The zero-order valence-corrected chi connectivity index (χ0v) is 10.3. The molecule has 0 aliphatic rings. The van der Waals surface area contributed by atoms with Crippen molar-refractivity contribution in [2.75, 3.05) is 5.73 Å². The number of hydrogen-bond donors (Lipinski definition) is 2. The number of carbonyl (C=O) groups excluding carboxylic acids is 1. The number of amides is 1. The number of nitrogen functional groups attached to an aromatic ring is 1. The average Bonchev–Trinajstić information content (AvgIpc) is 2.27. The average molecular weight is 238 g/mol. The summed E-state index contributed by atoms with van der Waals surface area (Å²) in [6.45, 7) is 4.08. The third-order valence-corrected chi connectivity index (χ3v) is 2.65. The van der Waals surface area contributed by atoms with Crippen LogP contribution in [-0.4, -0.2) is 11.9 Å². The molecule has 4 heteroatoms. The molecule has 94 valence electrons. The Morgan fingerprint density at radius 2 is 2.12 bits per heavy atom. The van der Waals surface area contributed by atoms with E-state index in [0.29, 0.717) is 0 Å². The highest BCUT2D eigenvalue weighted by atomic mass is 19.1. The lowest BCUT2D eigenvalue weighted by Crippen LogP contribution is -2.34. The van der Waals surface area contributed by atoms with Crippen molar-refractivity contribution in [2.24, 2.45) is 0 Å². The molecule has 1 unspecified atom stereocenters. The monoisotopic (exact) mass is 238 g/mol. The van der Waals surface area contributed by atoms with E-state index in [4.69, 9.17) is 5.73 Å². The predicted octanol–water partition coefficient (Wildman–Crippen LogP) is 2.72. The first kappa shape index (κ1) is 13.5. The van der Waals surface area contributed by atoms with Gasteiger partial charge >= 0.3 is 0 Å². The van der Waals surface area contributed by atoms with Crippen molar-refractivity contribution in [3.8, 4) is 0 Å². The number of carbonyl (C=O) groups is 1. The third kappa shape index (κ3) is 4.06. The van der Waals surface area contributed by atoms with Crippen molar-refractivity contribution in [2.45, 2.75) is 39.2 Å².